The van der Waals surface area contributed by atoms with E-state index >= 15 is 0 Å². The number of piperazine rings is 1. The van der Waals surface area contributed by atoms with Gasteiger partial charge in [-0.3, -0.25) is 15.3 Å². The summed E-state index contributed by atoms with van der Waals surface area (Å²) in [6, 6.07) is 12.4. The first-order valence-corrected chi connectivity index (χ1v) is 12.0. The van der Waals surface area contributed by atoms with E-state index in [9.17, 15) is 4.79 Å². The maximum atomic E-state index is 13.2. The lowest BCUT2D eigenvalue weighted by atomic mass is 10.0. The van der Waals surface area contributed by atoms with Crippen LogP contribution in [-0.4, -0.2) is 59.3 Å². The van der Waals surface area contributed by atoms with Crippen LogP contribution in [0.4, 0.5) is 9.93 Å². The van der Waals surface area contributed by atoms with Crippen LogP contribution in [0.1, 0.15) is 30.8 Å². The van der Waals surface area contributed by atoms with E-state index in [1.165, 1.54) is 11.3 Å². The maximum absolute atomic E-state index is 13.2. The standard InChI is InChI=1S/C25H30N6OS/c1-15-9-21(10-16(2)28-15)23-22(20-8-6-7-19(11-20)14-26-5)29-24(33-23)30-25(32)31-17(3)12-27-13-18(31)4/h6-11,14,17-18,27H,12-13H2,1-5H3,(H,29,30,32)/t17-,18-/m1/s1. The number of nitrogens with zero attached hydrogens (tertiary/aromatic N) is 4. The van der Waals surface area contributed by atoms with Crippen molar-refractivity contribution in [3.63, 3.8) is 0 Å². The number of benzene rings is 1. The quantitative estimate of drug-likeness (QED) is 0.548. The Labute approximate surface area is 199 Å². The molecule has 0 bridgehead atoms. The van der Waals surface area contributed by atoms with Crippen molar-refractivity contribution in [1.29, 1.82) is 0 Å². The van der Waals surface area contributed by atoms with Crippen LogP contribution in [0, 0.1) is 13.8 Å². The summed E-state index contributed by atoms with van der Waals surface area (Å²) in [5, 5.41) is 7.02. The Balaban J connectivity index is 1.75. The average molecular weight is 463 g/mol. The Kier molecular flexibility index (Phi) is 6.85. The number of aliphatic imine (C=N–C) groups is 1. The Morgan fingerprint density at radius 3 is 2.48 bits per heavy atom. The van der Waals surface area contributed by atoms with Crippen LogP contribution in [0.25, 0.3) is 21.7 Å². The zero-order valence-electron chi connectivity index (χ0n) is 19.7. The monoisotopic (exact) mass is 462 g/mol. The van der Waals surface area contributed by atoms with Gasteiger partial charge in [0, 0.05) is 55.4 Å². The SMILES string of the molecule is CN=Cc1cccc(-c2nc(NC(=O)N3[C@H](C)CNC[C@H]3C)sc2-c2cc(C)nc(C)c2)c1. The van der Waals surface area contributed by atoms with Gasteiger partial charge in [0.1, 0.15) is 0 Å². The molecule has 1 fully saturated rings. The number of nitrogens with one attached hydrogen (secondary N) is 2. The molecule has 0 unspecified atom stereocenters. The second-order valence-corrected chi connectivity index (χ2v) is 9.54. The molecule has 7 nitrogen and oxygen atoms in total. The average Bonchev–Trinajstić information content (AvgIpc) is 3.17. The molecule has 3 heterocycles. The molecule has 2 atom stereocenters. The zero-order valence-corrected chi connectivity index (χ0v) is 20.5. The largest absolute Gasteiger partial charge is 0.324 e. The van der Waals surface area contributed by atoms with Crippen LogP contribution in [0.2, 0.25) is 0 Å². The van der Waals surface area contributed by atoms with E-state index in [-0.39, 0.29) is 18.1 Å². The normalized spacial score (nSPS) is 18.6. The number of carbonyl (C=O) groups excluding carboxylic acids is 1. The molecule has 8 heteroatoms. The summed E-state index contributed by atoms with van der Waals surface area (Å²) in [7, 11) is 1.76. The lowest BCUT2D eigenvalue weighted by Crippen LogP contribution is -2.58. The predicted octanol–water partition coefficient (Wildman–Crippen LogP) is 4.75. The molecule has 0 aliphatic carbocycles. The van der Waals surface area contributed by atoms with Crippen molar-refractivity contribution in [3.8, 4) is 21.7 Å². The second kappa shape index (κ2) is 9.80. The summed E-state index contributed by atoms with van der Waals surface area (Å²) >= 11 is 1.49. The molecule has 172 valence electrons. The number of amides is 2. The summed E-state index contributed by atoms with van der Waals surface area (Å²) < 4.78 is 0. The van der Waals surface area contributed by atoms with E-state index in [0.717, 1.165) is 51.7 Å². The lowest BCUT2D eigenvalue weighted by molar-refractivity contribution is 0.143. The Bertz CT molecular complexity index is 1160. The van der Waals surface area contributed by atoms with Crippen molar-refractivity contribution >= 4 is 28.7 Å². The van der Waals surface area contributed by atoms with Gasteiger partial charge in [0.25, 0.3) is 0 Å². The first-order valence-electron chi connectivity index (χ1n) is 11.1. The third kappa shape index (κ3) is 5.12. The smallest absolute Gasteiger partial charge is 0.317 e. The molecule has 1 saturated heterocycles. The zero-order chi connectivity index (χ0) is 23.5. The minimum Gasteiger partial charge on any atom is -0.317 e. The molecule has 3 aromatic rings. The fourth-order valence-corrected chi connectivity index (χ4v) is 5.30. The van der Waals surface area contributed by atoms with E-state index in [4.69, 9.17) is 4.98 Å². The van der Waals surface area contributed by atoms with Crippen LogP contribution in [-0.2, 0) is 0 Å². The van der Waals surface area contributed by atoms with Gasteiger partial charge in [-0.15, -0.1) is 0 Å². The minimum atomic E-state index is -0.114. The number of aryl methyl sites for hydroxylation is 2. The van der Waals surface area contributed by atoms with Crippen molar-refractivity contribution in [2.75, 3.05) is 25.5 Å². The molecule has 2 amide bonds. The van der Waals surface area contributed by atoms with Crippen LogP contribution in [0.5, 0.6) is 0 Å². The number of thiazole rings is 1. The number of hydrogen-bond donors (Lipinski definition) is 2. The van der Waals surface area contributed by atoms with Gasteiger partial charge in [-0.05, 0) is 57.0 Å². The number of urea groups is 1. The molecule has 2 aromatic heterocycles. The van der Waals surface area contributed by atoms with Gasteiger partial charge < -0.3 is 10.2 Å². The van der Waals surface area contributed by atoms with Gasteiger partial charge in [-0.2, -0.15) is 0 Å². The molecule has 1 aliphatic rings. The first kappa shape index (κ1) is 23.1. The molecule has 0 spiro atoms. The maximum Gasteiger partial charge on any atom is 0.324 e. The van der Waals surface area contributed by atoms with Crippen molar-refractivity contribution in [2.45, 2.75) is 39.8 Å². The number of aromatic nitrogens is 2. The van der Waals surface area contributed by atoms with E-state index in [1.807, 2.05) is 43.2 Å². The fraction of sp³-hybridized carbons (Fsp3) is 0.360. The number of carbonyl (C=O) groups is 1. The number of hydrogen-bond acceptors (Lipinski definition) is 6. The molecule has 1 aromatic carbocycles. The Morgan fingerprint density at radius 2 is 1.82 bits per heavy atom. The highest BCUT2D eigenvalue weighted by Gasteiger charge is 2.29. The Morgan fingerprint density at radius 1 is 1.12 bits per heavy atom. The number of pyridine rings is 1. The summed E-state index contributed by atoms with van der Waals surface area (Å²) in [4.78, 5) is 29.6. The molecule has 0 saturated carbocycles. The molecular weight excluding hydrogens is 432 g/mol. The summed E-state index contributed by atoms with van der Waals surface area (Å²) in [6.07, 6.45) is 1.83. The van der Waals surface area contributed by atoms with Crippen molar-refractivity contribution in [3.05, 3.63) is 53.3 Å². The number of anilines is 1. The van der Waals surface area contributed by atoms with Crippen LogP contribution in [0.3, 0.4) is 0 Å². The highest BCUT2D eigenvalue weighted by atomic mass is 32.1. The lowest BCUT2D eigenvalue weighted by Gasteiger charge is -2.39. The van der Waals surface area contributed by atoms with Crippen LogP contribution in [0.15, 0.2) is 41.4 Å². The second-order valence-electron chi connectivity index (χ2n) is 8.54. The van der Waals surface area contributed by atoms with Crippen molar-refractivity contribution < 1.29 is 4.79 Å². The van der Waals surface area contributed by atoms with Crippen molar-refractivity contribution in [1.82, 2.24) is 20.2 Å². The third-order valence-electron chi connectivity index (χ3n) is 5.69. The predicted molar refractivity (Wildman–Crippen MR) is 136 cm³/mol. The molecule has 4 rings (SSSR count). The van der Waals surface area contributed by atoms with Crippen LogP contribution >= 0.6 is 11.3 Å². The van der Waals surface area contributed by atoms with E-state index in [0.29, 0.717) is 5.13 Å². The Hall–Kier alpha value is -3.10. The first-order chi connectivity index (χ1) is 15.9. The van der Waals surface area contributed by atoms with E-state index in [2.05, 4.69) is 52.7 Å². The molecule has 33 heavy (non-hydrogen) atoms. The minimum absolute atomic E-state index is 0.114. The summed E-state index contributed by atoms with van der Waals surface area (Å²) in [5.41, 5.74) is 5.77. The van der Waals surface area contributed by atoms with Crippen molar-refractivity contribution in [2.24, 2.45) is 4.99 Å². The molecular formula is C25H30N6OS. The van der Waals surface area contributed by atoms with Crippen LogP contribution < -0.4 is 10.6 Å². The van der Waals surface area contributed by atoms with Gasteiger partial charge in [0.05, 0.1) is 10.6 Å². The van der Waals surface area contributed by atoms with Gasteiger partial charge in [0.15, 0.2) is 5.13 Å². The number of rotatable bonds is 4. The molecule has 0 radical (unpaired) electrons. The summed E-state index contributed by atoms with van der Waals surface area (Å²) in [6.45, 7) is 9.67. The van der Waals surface area contributed by atoms with Gasteiger partial charge >= 0.3 is 6.03 Å². The summed E-state index contributed by atoms with van der Waals surface area (Å²) in [5.74, 6) is 0. The molecule has 1 aliphatic heterocycles. The van der Waals surface area contributed by atoms with Gasteiger partial charge in [-0.25, -0.2) is 9.78 Å². The van der Waals surface area contributed by atoms with Gasteiger partial charge in [-0.1, -0.05) is 29.5 Å². The van der Waals surface area contributed by atoms with E-state index < -0.39 is 0 Å². The topological polar surface area (TPSA) is 82.5 Å². The fourth-order valence-electron chi connectivity index (χ4n) is 4.33. The third-order valence-corrected chi connectivity index (χ3v) is 6.71. The van der Waals surface area contributed by atoms with Gasteiger partial charge in [0.2, 0.25) is 0 Å². The highest BCUT2D eigenvalue weighted by molar-refractivity contribution is 7.19. The highest BCUT2D eigenvalue weighted by Crippen LogP contribution is 2.39. The molecule has 2 N–H and O–H groups in total. The van der Waals surface area contributed by atoms with E-state index in [1.54, 1.807) is 7.05 Å².